The van der Waals surface area contributed by atoms with Crippen molar-refractivity contribution in [1.82, 2.24) is 5.32 Å². The van der Waals surface area contributed by atoms with Crippen molar-refractivity contribution in [3.05, 3.63) is 33.8 Å². The molecule has 94 valence electrons. The van der Waals surface area contributed by atoms with Gasteiger partial charge in [-0.1, -0.05) is 13.3 Å². The Bertz CT molecular complexity index is 409. The molecule has 1 aromatic rings. The first-order chi connectivity index (χ1) is 8.09. The molecule has 0 aromatic heterocycles. The molecule has 1 aliphatic carbocycles. The Labute approximate surface area is 109 Å². The van der Waals surface area contributed by atoms with E-state index >= 15 is 0 Å². The van der Waals surface area contributed by atoms with Crippen LogP contribution >= 0.6 is 15.9 Å². The van der Waals surface area contributed by atoms with Crippen LogP contribution in [0.4, 0.5) is 8.78 Å². The summed E-state index contributed by atoms with van der Waals surface area (Å²) in [5.41, 5.74) is 0.124. The molecule has 2 rings (SSSR count). The molecule has 0 heterocycles. The van der Waals surface area contributed by atoms with Crippen LogP contribution in [0, 0.1) is 17.6 Å². The van der Waals surface area contributed by atoms with Gasteiger partial charge < -0.3 is 5.32 Å². The summed E-state index contributed by atoms with van der Waals surface area (Å²) in [6.07, 6.45) is 3.49. The van der Waals surface area contributed by atoms with Gasteiger partial charge in [-0.25, -0.2) is 8.78 Å². The summed E-state index contributed by atoms with van der Waals surface area (Å²) in [5.74, 6) is -0.389. The van der Waals surface area contributed by atoms with Crippen LogP contribution in [0.15, 0.2) is 16.6 Å². The number of hydrogen-bond acceptors (Lipinski definition) is 1. The van der Waals surface area contributed by atoms with Gasteiger partial charge in [-0.3, -0.25) is 0 Å². The van der Waals surface area contributed by atoms with Crippen molar-refractivity contribution in [2.24, 2.45) is 5.92 Å². The minimum atomic E-state index is -0.497. The lowest BCUT2D eigenvalue weighted by Gasteiger charge is -2.18. The number of halogens is 3. The average Bonchev–Trinajstić information content (AvgIpc) is 2.70. The highest BCUT2D eigenvalue weighted by molar-refractivity contribution is 9.10. The van der Waals surface area contributed by atoms with Crippen molar-refractivity contribution >= 4 is 15.9 Å². The van der Waals surface area contributed by atoms with Crippen LogP contribution in [-0.2, 0) is 6.54 Å². The van der Waals surface area contributed by atoms with E-state index in [2.05, 4.69) is 28.2 Å². The van der Waals surface area contributed by atoms with E-state index in [9.17, 15) is 8.78 Å². The number of hydrogen-bond donors (Lipinski definition) is 1. The van der Waals surface area contributed by atoms with Gasteiger partial charge in [0.15, 0.2) is 0 Å². The molecule has 1 aliphatic rings. The number of rotatable bonds is 3. The fourth-order valence-electron chi connectivity index (χ4n) is 2.41. The van der Waals surface area contributed by atoms with Crippen molar-refractivity contribution in [3.63, 3.8) is 0 Å². The molecule has 0 amide bonds. The smallest absolute Gasteiger partial charge is 0.144 e. The van der Waals surface area contributed by atoms with E-state index in [1.165, 1.54) is 25.0 Å². The molecule has 1 N–H and O–H groups in total. The fraction of sp³-hybridized carbons (Fsp3) is 0.538. The molecule has 2 atom stereocenters. The average molecular weight is 304 g/mol. The zero-order valence-electron chi connectivity index (χ0n) is 9.77. The van der Waals surface area contributed by atoms with Gasteiger partial charge in [-0.15, -0.1) is 0 Å². The molecular weight excluding hydrogens is 288 g/mol. The zero-order chi connectivity index (χ0) is 12.4. The fourth-order valence-corrected chi connectivity index (χ4v) is 2.78. The van der Waals surface area contributed by atoms with E-state index in [0.717, 1.165) is 6.42 Å². The Kier molecular flexibility index (Phi) is 4.15. The SMILES string of the molecule is CC1CCCC1NCc1c(F)ccc(Br)c1F. The van der Waals surface area contributed by atoms with E-state index in [1.54, 1.807) is 0 Å². The molecule has 0 bridgehead atoms. The predicted octanol–water partition coefficient (Wildman–Crippen LogP) is 4.01. The van der Waals surface area contributed by atoms with Crippen molar-refractivity contribution in [2.45, 2.75) is 38.8 Å². The zero-order valence-corrected chi connectivity index (χ0v) is 11.4. The summed E-state index contributed by atoms with van der Waals surface area (Å²) in [6.45, 7) is 2.43. The molecule has 0 spiro atoms. The molecule has 1 nitrogen and oxygen atoms in total. The van der Waals surface area contributed by atoms with Gasteiger partial charge in [-0.05, 0) is 46.8 Å². The van der Waals surface area contributed by atoms with Gasteiger partial charge in [0.2, 0.25) is 0 Å². The normalized spacial score (nSPS) is 24.2. The lowest BCUT2D eigenvalue weighted by atomic mass is 10.1. The summed E-state index contributed by atoms with van der Waals surface area (Å²) in [4.78, 5) is 0. The van der Waals surface area contributed by atoms with E-state index in [0.29, 0.717) is 16.4 Å². The highest BCUT2D eigenvalue weighted by Crippen LogP contribution is 2.26. The maximum Gasteiger partial charge on any atom is 0.144 e. The second-order valence-corrected chi connectivity index (χ2v) is 5.57. The minimum Gasteiger partial charge on any atom is -0.309 e. The molecule has 0 saturated heterocycles. The summed E-state index contributed by atoms with van der Waals surface area (Å²) < 4.78 is 27.5. The highest BCUT2D eigenvalue weighted by Gasteiger charge is 2.23. The van der Waals surface area contributed by atoms with Crippen LogP contribution in [0.25, 0.3) is 0 Å². The first-order valence-corrected chi connectivity index (χ1v) is 6.74. The largest absolute Gasteiger partial charge is 0.309 e. The van der Waals surface area contributed by atoms with Crippen LogP contribution in [-0.4, -0.2) is 6.04 Å². The first kappa shape index (κ1) is 13.0. The van der Waals surface area contributed by atoms with Gasteiger partial charge in [0.25, 0.3) is 0 Å². The standard InChI is InChI=1S/C13H16BrF2N/c1-8-3-2-4-12(8)17-7-9-11(15)6-5-10(14)13(9)16/h5-6,8,12,17H,2-4,7H2,1H3. The van der Waals surface area contributed by atoms with Crippen molar-refractivity contribution < 1.29 is 8.78 Å². The Hall–Kier alpha value is -0.480. The molecular formula is C13H16BrF2N. The molecule has 1 saturated carbocycles. The van der Waals surface area contributed by atoms with Gasteiger partial charge in [0.1, 0.15) is 11.6 Å². The summed E-state index contributed by atoms with van der Waals surface area (Å²) in [6, 6.07) is 3.07. The molecule has 0 aliphatic heterocycles. The van der Waals surface area contributed by atoms with Crippen LogP contribution in [0.1, 0.15) is 31.7 Å². The maximum atomic E-state index is 13.7. The van der Waals surface area contributed by atoms with E-state index < -0.39 is 11.6 Å². The first-order valence-electron chi connectivity index (χ1n) is 5.95. The second-order valence-electron chi connectivity index (χ2n) is 4.72. The highest BCUT2D eigenvalue weighted by atomic mass is 79.9. The van der Waals surface area contributed by atoms with Gasteiger partial charge in [-0.2, -0.15) is 0 Å². The molecule has 17 heavy (non-hydrogen) atoms. The third-order valence-corrected chi connectivity index (χ3v) is 4.15. The quantitative estimate of drug-likeness (QED) is 0.832. The van der Waals surface area contributed by atoms with E-state index in [4.69, 9.17) is 0 Å². The van der Waals surface area contributed by atoms with E-state index in [1.807, 2.05) is 0 Å². The van der Waals surface area contributed by atoms with Crippen LogP contribution < -0.4 is 5.32 Å². The van der Waals surface area contributed by atoms with Crippen molar-refractivity contribution in [1.29, 1.82) is 0 Å². The third kappa shape index (κ3) is 2.86. The van der Waals surface area contributed by atoms with Gasteiger partial charge in [0.05, 0.1) is 4.47 Å². The van der Waals surface area contributed by atoms with Gasteiger partial charge in [0, 0.05) is 18.2 Å². The van der Waals surface area contributed by atoms with Crippen molar-refractivity contribution in [2.75, 3.05) is 0 Å². The Morgan fingerprint density at radius 1 is 1.35 bits per heavy atom. The van der Waals surface area contributed by atoms with Crippen LogP contribution in [0.5, 0.6) is 0 Å². The Morgan fingerprint density at radius 2 is 2.12 bits per heavy atom. The monoisotopic (exact) mass is 303 g/mol. The summed E-state index contributed by atoms with van der Waals surface area (Å²) >= 11 is 3.08. The third-order valence-electron chi connectivity index (χ3n) is 3.54. The minimum absolute atomic E-state index is 0.124. The Balaban J connectivity index is 2.06. The molecule has 1 fully saturated rings. The lowest BCUT2D eigenvalue weighted by Crippen LogP contribution is -2.31. The predicted molar refractivity (Wildman–Crippen MR) is 67.7 cm³/mol. The van der Waals surface area contributed by atoms with Crippen molar-refractivity contribution in [3.8, 4) is 0 Å². The Morgan fingerprint density at radius 3 is 2.76 bits per heavy atom. The topological polar surface area (TPSA) is 12.0 Å². The number of nitrogens with one attached hydrogen (secondary N) is 1. The molecule has 1 aromatic carbocycles. The summed E-state index contributed by atoms with van der Waals surface area (Å²) in [7, 11) is 0. The second kappa shape index (κ2) is 5.44. The lowest BCUT2D eigenvalue weighted by molar-refractivity contribution is 0.414. The molecule has 4 heteroatoms. The van der Waals surface area contributed by atoms with Crippen LogP contribution in [0.3, 0.4) is 0 Å². The van der Waals surface area contributed by atoms with Crippen LogP contribution in [0.2, 0.25) is 0 Å². The van der Waals surface area contributed by atoms with E-state index in [-0.39, 0.29) is 12.1 Å². The molecule has 2 unspecified atom stereocenters. The number of benzene rings is 1. The molecule has 0 radical (unpaired) electrons. The maximum absolute atomic E-state index is 13.7. The summed E-state index contributed by atoms with van der Waals surface area (Å²) in [5, 5.41) is 3.26. The van der Waals surface area contributed by atoms with Gasteiger partial charge >= 0.3 is 0 Å².